The van der Waals surface area contributed by atoms with Gasteiger partial charge in [-0.1, -0.05) is 42.5 Å². The molecule has 5 rings (SSSR count). The molecule has 2 unspecified atom stereocenters. The largest absolute Gasteiger partial charge is 0.359 e. The van der Waals surface area contributed by atoms with Crippen molar-refractivity contribution in [3.63, 3.8) is 0 Å². The lowest BCUT2D eigenvalue weighted by atomic mass is 9.89. The fourth-order valence-electron chi connectivity index (χ4n) is 5.75. The first-order chi connectivity index (χ1) is 18.3. The SMILES string of the molecule is CC(F)(F)C1Nc2ccccc2N1CC=O.CNCC(=O)N1CCC(N2CCC(c3ccccc3)CC2)C1. The number of carbonyl (C=O) groups excluding carboxylic acids is 2. The van der Waals surface area contributed by atoms with E-state index in [1.165, 1.54) is 23.3 Å². The maximum absolute atomic E-state index is 13.3. The summed E-state index contributed by atoms with van der Waals surface area (Å²) >= 11 is 0. The lowest BCUT2D eigenvalue weighted by molar-refractivity contribution is -0.129. The second-order valence-corrected chi connectivity index (χ2v) is 10.4. The van der Waals surface area contributed by atoms with E-state index in [9.17, 15) is 18.4 Å². The quantitative estimate of drug-likeness (QED) is 0.535. The minimum Gasteiger partial charge on any atom is -0.359 e. The number of anilines is 2. The van der Waals surface area contributed by atoms with Gasteiger partial charge in [0, 0.05) is 26.1 Å². The summed E-state index contributed by atoms with van der Waals surface area (Å²) in [6, 6.07) is 18.4. The van der Waals surface area contributed by atoms with Crippen molar-refractivity contribution in [2.75, 3.05) is 56.5 Å². The van der Waals surface area contributed by atoms with E-state index in [4.69, 9.17) is 0 Å². The Morgan fingerprint density at radius 2 is 1.74 bits per heavy atom. The highest BCUT2D eigenvalue weighted by molar-refractivity contribution is 5.79. The molecule has 7 nitrogen and oxygen atoms in total. The van der Waals surface area contributed by atoms with Crippen LogP contribution in [-0.2, 0) is 9.59 Å². The van der Waals surface area contributed by atoms with E-state index in [1.807, 2.05) is 11.9 Å². The Morgan fingerprint density at radius 1 is 1.05 bits per heavy atom. The van der Waals surface area contributed by atoms with Gasteiger partial charge in [0.25, 0.3) is 5.92 Å². The number of piperidine rings is 1. The van der Waals surface area contributed by atoms with Crippen LogP contribution in [0.15, 0.2) is 54.6 Å². The number of hydrogen-bond acceptors (Lipinski definition) is 6. The first kappa shape index (κ1) is 28.0. The molecule has 2 aromatic rings. The zero-order valence-corrected chi connectivity index (χ0v) is 22.3. The third-order valence-corrected chi connectivity index (χ3v) is 7.73. The number of nitrogens with zero attached hydrogens (tertiary/aromatic N) is 3. The van der Waals surface area contributed by atoms with Crippen LogP contribution < -0.4 is 15.5 Å². The maximum Gasteiger partial charge on any atom is 0.283 e. The van der Waals surface area contributed by atoms with Gasteiger partial charge >= 0.3 is 0 Å². The van der Waals surface area contributed by atoms with Gasteiger partial charge < -0.3 is 25.2 Å². The topological polar surface area (TPSA) is 67.9 Å². The molecule has 0 aromatic heterocycles. The Balaban J connectivity index is 0.000000186. The first-order valence-electron chi connectivity index (χ1n) is 13.5. The molecule has 0 spiro atoms. The van der Waals surface area contributed by atoms with Gasteiger partial charge in [-0.15, -0.1) is 0 Å². The summed E-state index contributed by atoms with van der Waals surface area (Å²) in [6.45, 7) is 5.42. The number of para-hydroxylation sites is 2. The molecular weight excluding hydrogens is 488 g/mol. The van der Waals surface area contributed by atoms with E-state index in [0.29, 0.717) is 36.2 Å². The lowest BCUT2D eigenvalue weighted by Crippen LogP contribution is -2.48. The second-order valence-electron chi connectivity index (χ2n) is 10.4. The summed E-state index contributed by atoms with van der Waals surface area (Å²) in [5, 5.41) is 5.68. The average molecular weight is 528 g/mol. The molecule has 0 aliphatic carbocycles. The van der Waals surface area contributed by atoms with Crippen molar-refractivity contribution < 1.29 is 18.4 Å². The van der Waals surface area contributed by atoms with Crippen LogP contribution in [0.2, 0.25) is 0 Å². The van der Waals surface area contributed by atoms with Gasteiger partial charge in [-0.25, -0.2) is 8.78 Å². The molecule has 2 saturated heterocycles. The Morgan fingerprint density at radius 3 is 2.39 bits per heavy atom. The van der Waals surface area contributed by atoms with E-state index in [0.717, 1.165) is 39.5 Å². The molecule has 9 heteroatoms. The molecule has 206 valence electrons. The predicted molar refractivity (Wildman–Crippen MR) is 147 cm³/mol. The van der Waals surface area contributed by atoms with Crippen LogP contribution in [0, 0.1) is 0 Å². The zero-order chi connectivity index (χ0) is 27.1. The number of likely N-dealkylation sites (tertiary alicyclic amines) is 2. The number of halogens is 2. The third-order valence-electron chi connectivity index (χ3n) is 7.73. The fraction of sp³-hybridized carbons (Fsp3) is 0.517. The van der Waals surface area contributed by atoms with Crippen molar-refractivity contribution in [3.8, 4) is 0 Å². The molecule has 3 heterocycles. The van der Waals surface area contributed by atoms with Crippen LogP contribution in [-0.4, -0.2) is 86.4 Å². The Kier molecular flexibility index (Phi) is 9.33. The Hall–Kier alpha value is -3.04. The van der Waals surface area contributed by atoms with Crippen molar-refractivity contribution in [1.29, 1.82) is 0 Å². The van der Waals surface area contributed by atoms with Gasteiger partial charge in [0.15, 0.2) is 6.17 Å². The number of hydrogen-bond donors (Lipinski definition) is 2. The van der Waals surface area contributed by atoms with Crippen molar-refractivity contribution in [1.82, 2.24) is 15.1 Å². The molecule has 2 N–H and O–H groups in total. The van der Waals surface area contributed by atoms with Gasteiger partial charge in [0.1, 0.15) is 6.29 Å². The smallest absolute Gasteiger partial charge is 0.283 e. The van der Waals surface area contributed by atoms with E-state index in [-0.39, 0.29) is 12.5 Å². The second kappa shape index (κ2) is 12.7. The number of carbonyl (C=O) groups is 2. The Bertz CT molecular complexity index is 1060. The van der Waals surface area contributed by atoms with E-state index in [2.05, 4.69) is 45.9 Å². The Labute approximate surface area is 224 Å². The minimum atomic E-state index is -2.91. The molecule has 0 radical (unpaired) electrons. The molecule has 2 fully saturated rings. The number of rotatable bonds is 7. The first-order valence-corrected chi connectivity index (χ1v) is 13.5. The van der Waals surface area contributed by atoms with Crippen molar-refractivity contribution in [3.05, 3.63) is 60.2 Å². The normalized spacial score (nSPS) is 21.9. The van der Waals surface area contributed by atoms with Crippen LogP contribution in [0.1, 0.15) is 37.7 Å². The van der Waals surface area contributed by atoms with Crippen molar-refractivity contribution in [2.24, 2.45) is 0 Å². The molecule has 3 aliphatic heterocycles. The average Bonchev–Trinajstić information content (AvgIpc) is 3.56. The van der Waals surface area contributed by atoms with Crippen LogP contribution in [0.4, 0.5) is 20.2 Å². The maximum atomic E-state index is 13.3. The number of amides is 1. The minimum absolute atomic E-state index is 0.0435. The van der Waals surface area contributed by atoms with E-state index >= 15 is 0 Å². The number of nitrogens with one attached hydrogen (secondary N) is 2. The summed E-state index contributed by atoms with van der Waals surface area (Å²) in [5.41, 5.74) is 2.76. The fourth-order valence-corrected chi connectivity index (χ4v) is 5.75. The zero-order valence-electron chi connectivity index (χ0n) is 22.3. The van der Waals surface area contributed by atoms with Gasteiger partial charge in [-0.2, -0.15) is 0 Å². The highest BCUT2D eigenvalue weighted by Crippen LogP contribution is 2.39. The van der Waals surface area contributed by atoms with Crippen LogP contribution >= 0.6 is 0 Å². The summed E-state index contributed by atoms with van der Waals surface area (Å²) < 4.78 is 26.7. The van der Waals surface area contributed by atoms with E-state index < -0.39 is 12.1 Å². The predicted octanol–water partition coefficient (Wildman–Crippen LogP) is 3.79. The summed E-state index contributed by atoms with van der Waals surface area (Å²) in [7, 11) is 1.83. The third kappa shape index (κ3) is 6.69. The molecular formula is C29H39F2N5O2. The number of aldehydes is 1. The summed E-state index contributed by atoms with van der Waals surface area (Å²) in [5.74, 6) is -1.97. The van der Waals surface area contributed by atoms with Gasteiger partial charge in [-0.05, 0) is 63.0 Å². The number of fused-ring (bicyclic) bond motifs is 1. The molecule has 1 amide bonds. The van der Waals surface area contributed by atoms with E-state index in [1.54, 1.807) is 24.3 Å². The standard InChI is InChI=1S/C18H27N3O.C11H12F2N2O/c1-19-13-18(22)21-12-9-17(14-21)20-10-7-16(8-11-20)15-5-3-2-4-6-15;1-11(12,13)10-14-8-4-2-3-5-9(8)15(10)6-7-16/h2-6,16-17,19H,7-14H2,1H3;2-5,7,10,14H,6H2,1H3. The molecule has 0 saturated carbocycles. The van der Waals surface area contributed by atoms with Crippen LogP contribution in [0.25, 0.3) is 0 Å². The number of likely N-dealkylation sites (N-methyl/N-ethyl adjacent to an activating group) is 1. The number of benzene rings is 2. The van der Waals surface area contributed by atoms with Crippen molar-refractivity contribution >= 4 is 23.6 Å². The molecule has 38 heavy (non-hydrogen) atoms. The van der Waals surface area contributed by atoms with Gasteiger partial charge in [0.05, 0.1) is 24.5 Å². The lowest BCUT2D eigenvalue weighted by Gasteiger charge is -2.36. The number of alkyl halides is 2. The summed E-state index contributed by atoms with van der Waals surface area (Å²) in [4.78, 5) is 28.5. The van der Waals surface area contributed by atoms with Crippen molar-refractivity contribution in [2.45, 2.75) is 50.2 Å². The molecule has 2 aromatic carbocycles. The summed E-state index contributed by atoms with van der Waals surface area (Å²) in [6.07, 6.45) is 3.08. The highest BCUT2D eigenvalue weighted by Gasteiger charge is 2.43. The molecule has 2 atom stereocenters. The van der Waals surface area contributed by atoms with Crippen LogP contribution in [0.5, 0.6) is 0 Å². The van der Waals surface area contributed by atoms with Gasteiger partial charge in [0.2, 0.25) is 5.91 Å². The van der Waals surface area contributed by atoms with Gasteiger partial charge in [-0.3, -0.25) is 9.69 Å². The monoisotopic (exact) mass is 527 g/mol. The molecule has 0 bridgehead atoms. The highest BCUT2D eigenvalue weighted by atomic mass is 19.3. The van der Waals surface area contributed by atoms with Crippen LogP contribution in [0.3, 0.4) is 0 Å². The molecule has 3 aliphatic rings.